The summed E-state index contributed by atoms with van der Waals surface area (Å²) in [4.78, 5) is 30.3. The monoisotopic (exact) mass is 542 g/mol. The molecule has 5 rings (SSSR count). The fourth-order valence-electron chi connectivity index (χ4n) is 4.77. The number of fused-ring (bicyclic) bond motifs is 1. The van der Waals surface area contributed by atoms with Gasteiger partial charge in [0, 0.05) is 36.2 Å². The number of aliphatic hydroxyl groups excluding tert-OH is 1. The van der Waals surface area contributed by atoms with Crippen molar-refractivity contribution in [3.05, 3.63) is 63.6 Å². The molecule has 3 heterocycles. The van der Waals surface area contributed by atoms with Crippen LogP contribution in [0.4, 0.5) is 0 Å². The Balaban J connectivity index is 1.48. The lowest BCUT2D eigenvalue weighted by atomic mass is 9.95. The van der Waals surface area contributed by atoms with Crippen LogP contribution in [0.3, 0.4) is 0 Å². The first-order valence-electron chi connectivity index (χ1n) is 11.8. The Morgan fingerprint density at radius 3 is 2.51 bits per heavy atom. The standard InChI is InChI=1S/C26H27BrN2O6/c27-19-4-1-3-17(15-19)23-22(24(30)18-5-6-20-21(16-18)35-14-13-34-20)25(31)26(32)29(23)8-2-7-28-9-11-33-12-10-28/h1,3-6,15-16,23,30H,2,7-14H2/b24-22+. The molecule has 2 saturated heterocycles. The molecule has 2 aromatic rings. The van der Waals surface area contributed by atoms with Gasteiger partial charge in [-0.2, -0.15) is 0 Å². The topological polar surface area (TPSA) is 88.5 Å². The third kappa shape index (κ3) is 4.94. The van der Waals surface area contributed by atoms with Crippen LogP contribution >= 0.6 is 15.9 Å². The zero-order valence-corrected chi connectivity index (χ0v) is 20.8. The maximum atomic E-state index is 13.2. The van der Waals surface area contributed by atoms with Gasteiger partial charge in [0.2, 0.25) is 0 Å². The molecule has 9 heteroatoms. The number of rotatable bonds is 6. The molecule has 0 aliphatic carbocycles. The van der Waals surface area contributed by atoms with E-state index in [0.29, 0.717) is 56.5 Å². The minimum Gasteiger partial charge on any atom is -0.507 e. The van der Waals surface area contributed by atoms with E-state index >= 15 is 0 Å². The van der Waals surface area contributed by atoms with Crippen molar-refractivity contribution in [2.75, 3.05) is 52.6 Å². The fraction of sp³-hybridized carbons (Fsp3) is 0.385. The summed E-state index contributed by atoms with van der Waals surface area (Å²) >= 11 is 3.49. The second-order valence-corrected chi connectivity index (χ2v) is 9.63. The number of benzene rings is 2. The van der Waals surface area contributed by atoms with Gasteiger partial charge in [0.05, 0.1) is 24.8 Å². The molecule has 0 bridgehead atoms. The van der Waals surface area contributed by atoms with E-state index in [1.54, 1.807) is 23.1 Å². The molecule has 1 N–H and O–H groups in total. The molecule has 35 heavy (non-hydrogen) atoms. The number of ketones is 1. The first-order chi connectivity index (χ1) is 17.0. The summed E-state index contributed by atoms with van der Waals surface area (Å²) in [7, 11) is 0. The predicted molar refractivity (Wildman–Crippen MR) is 132 cm³/mol. The smallest absolute Gasteiger partial charge is 0.295 e. The Morgan fingerprint density at radius 1 is 0.971 bits per heavy atom. The van der Waals surface area contributed by atoms with E-state index in [1.165, 1.54) is 0 Å². The highest BCUT2D eigenvalue weighted by Crippen LogP contribution is 2.41. The second kappa shape index (κ2) is 10.4. The minimum atomic E-state index is -0.689. The number of carbonyl (C=O) groups is 2. The first-order valence-corrected chi connectivity index (χ1v) is 12.6. The van der Waals surface area contributed by atoms with Crippen LogP contribution in [0.2, 0.25) is 0 Å². The third-order valence-electron chi connectivity index (χ3n) is 6.50. The molecular weight excluding hydrogens is 516 g/mol. The fourth-order valence-corrected chi connectivity index (χ4v) is 5.19. The number of carbonyl (C=O) groups excluding carboxylic acids is 2. The molecule has 3 aliphatic heterocycles. The lowest BCUT2D eigenvalue weighted by molar-refractivity contribution is -0.140. The number of hydrogen-bond acceptors (Lipinski definition) is 7. The van der Waals surface area contributed by atoms with Crippen molar-refractivity contribution in [2.45, 2.75) is 12.5 Å². The summed E-state index contributed by atoms with van der Waals surface area (Å²) in [5.41, 5.74) is 1.24. The van der Waals surface area contributed by atoms with Crippen LogP contribution in [0.25, 0.3) is 5.76 Å². The van der Waals surface area contributed by atoms with E-state index in [0.717, 1.165) is 29.7 Å². The van der Waals surface area contributed by atoms with Crippen molar-refractivity contribution in [1.29, 1.82) is 0 Å². The zero-order chi connectivity index (χ0) is 24.4. The number of halogens is 1. The maximum Gasteiger partial charge on any atom is 0.295 e. The number of likely N-dealkylation sites (tertiary alicyclic amines) is 1. The molecule has 2 fully saturated rings. The molecule has 0 radical (unpaired) electrons. The van der Waals surface area contributed by atoms with Crippen molar-refractivity contribution < 1.29 is 28.9 Å². The lowest BCUT2D eigenvalue weighted by Gasteiger charge is -2.29. The van der Waals surface area contributed by atoms with Gasteiger partial charge in [-0.3, -0.25) is 14.5 Å². The average Bonchev–Trinajstić information content (AvgIpc) is 3.13. The molecule has 2 aromatic carbocycles. The molecule has 1 unspecified atom stereocenters. The van der Waals surface area contributed by atoms with Crippen LogP contribution in [-0.2, 0) is 14.3 Å². The molecule has 0 aromatic heterocycles. The molecule has 0 saturated carbocycles. The summed E-state index contributed by atoms with van der Waals surface area (Å²) in [6.45, 7) is 5.20. The van der Waals surface area contributed by atoms with Gasteiger partial charge in [-0.15, -0.1) is 0 Å². The van der Waals surface area contributed by atoms with Crippen LogP contribution in [0.5, 0.6) is 11.5 Å². The SMILES string of the molecule is O=C1C(=O)N(CCCN2CCOCC2)C(c2cccc(Br)c2)/C1=C(\O)c1ccc2c(c1)OCCO2. The summed E-state index contributed by atoms with van der Waals surface area (Å²) in [6.07, 6.45) is 0.710. The van der Waals surface area contributed by atoms with Gasteiger partial charge in [-0.1, -0.05) is 28.1 Å². The second-order valence-electron chi connectivity index (χ2n) is 8.71. The van der Waals surface area contributed by atoms with E-state index in [1.807, 2.05) is 24.3 Å². The normalized spacial score (nSPS) is 22.0. The van der Waals surface area contributed by atoms with Crippen molar-refractivity contribution in [2.24, 2.45) is 0 Å². The van der Waals surface area contributed by atoms with Crippen LogP contribution in [0.1, 0.15) is 23.6 Å². The molecule has 1 amide bonds. The number of Topliss-reactive ketones (excluding diaryl/α,β-unsaturated/α-hetero) is 1. The first kappa shape index (κ1) is 23.8. The Labute approximate surface area is 212 Å². The van der Waals surface area contributed by atoms with Crippen molar-refractivity contribution in [3.63, 3.8) is 0 Å². The summed E-state index contributed by atoms with van der Waals surface area (Å²) in [5.74, 6) is -0.426. The van der Waals surface area contributed by atoms with Crippen LogP contribution in [0.15, 0.2) is 52.5 Å². The Bertz CT molecular complexity index is 1160. The van der Waals surface area contributed by atoms with Crippen LogP contribution in [-0.4, -0.2) is 79.2 Å². The van der Waals surface area contributed by atoms with E-state index in [2.05, 4.69) is 20.8 Å². The van der Waals surface area contributed by atoms with Gasteiger partial charge in [0.25, 0.3) is 11.7 Å². The highest BCUT2D eigenvalue weighted by atomic mass is 79.9. The number of morpholine rings is 1. The molecule has 0 spiro atoms. The van der Waals surface area contributed by atoms with Gasteiger partial charge in [-0.05, 0) is 42.3 Å². The number of amides is 1. The summed E-state index contributed by atoms with van der Waals surface area (Å²) in [6, 6.07) is 11.8. The van der Waals surface area contributed by atoms with Gasteiger partial charge in [-0.25, -0.2) is 0 Å². The Morgan fingerprint density at radius 2 is 1.74 bits per heavy atom. The van der Waals surface area contributed by atoms with Crippen molar-refractivity contribution in [3.8, 4) is 11.5 Å². The molecule has 8 nitrogen and oxygen atoms in total. The van der Waals surface area contributed by atoms with E-state index in [-0.39, 0.29) is 11.3 Å². The van der Waals surface area contributed by atoms with E-state index in [9.17, 15) is 14.7 Å². The minimum absolute atomic E-state index is 0.0798. The largest absolute Gasteiger partial charge is 0.507 e. The highest BCUT2D eigenvalue weighted by Gasteiger charge is 2.46. The van der Waals surface area contributed by atoms with Crippen LogP contribution < -0.4 is 9.47 Å². The van der Waals surface area contributed by atoms with Gasteiger partial charge in [0.15, 0.2) is 11.5 Å². The van der Waals surface area contributed by atoms with Crippen molar-refractivity contribution in [1.82, 2.24) is 9.80 Å². The number of hydrogen-bond donors (Lipinski definition) is 1. The Kier molecular flexibility index (Phi) is 7.08. The van der Waals surface area contributed by atoms with Gasteiger partial charge < -0.3 is 24.2 Å². The number of aliphatic hydroxyl groups is 1. The van der Waals surface area contributed by atoms with Gasteiger partial charge >= 0.3 is 0 Å². The summed E-state index contributed by atoms with van der Waals surface area (Å²) < 4.78 is 17.4. The molecule has 3 aliphatic rings. The number of ether oxygens (including phenoxy) is 3. The molecule has 1 atom stereocenters. The molecule has 184 valence electrons. The lowest BCUT2D eigenvalue weighted by Crippen LogP contribution is -2.38. The maximum absolute atomic E-state index is 13.2. The van der Waals surface area contributed by atoms with Gasteiger partial charge in [0.1, 0.15) is 19.0 Å². The van der Waals surface area contributed by atoms with E-state index < -0.39 is 17.7 Å². The predicted octanol–water partition coefficient (Wildman–Crippen LogP) is 3.36. The van der Waals surface area contributed by atoms with Crippen molar-refractivity contribution >= 4 is 33.4 Å². The molecular formula is C26H27BrN2O6. The summed E-state index contributed by atoms with van der Waals surface area (Å²) in [5, 5.41) is 11.3. The van der Waals surface area contributed by atoms with Crippen LogP contribution in [0, 0.1) is 0 Å². The number of nitrogens with zero attached hydrogens (tertiary/aromatic N) is 2. The Hall–Kier alpha value is -2.88. The quantitative estimate of drug-likeness (QED) is 0.340. The third-order valence-corrected chi connectivity index (χ3v) is 6.99. The average molecular weight is 543 g/mol. The van der Waals surface area contributed by atoms with E-state index in [4.69, 9.17) is 14.2 Å². The zero-order valence-electron chi connectivity index (χ0n) is 19.2. The highest BCUT2D eigenvalue weighted by molar-refractivity contribution is 9.10.